The fraction of sp³-hybridized carbons (Fsp3) is 0.900. The van der Waals surface area contributed by atoms with Crippen LogP contribution in [-0.2, 0) is 4.74 Å². The quantitative estimate of drug-likeness (QED) is 0.639. The Kier molecular flexibility index (Phi) is 4.02. The molecule has 1 fully saturated rings. The van der Waals surface area contributed by atoms with Crippen LogP contribution in [0.5, 0.6) is 0 Å². The van der Waals surface area contributed by atoms with Gasteiger partial charge in [0.05, 0.1) is 6.10 Å². The molecule has 2 nitrogen and oxygen atoms in total. The van der Waals surface area contributed by atoms with Crippen molar-refractivity contribution in [3.05, 3.63) is 6.92 Å². The smallest absolute Gasteiger partial charge is 0.0599 e. The van der Waals surface area contributed by atoms with E-state index in [0.29, 0.717) is 18.8 Å². The lowest BCUT2D eigenvalue weighted by atomic mass is 10.1. The van der Waals surface area contributed by atoms with Crippen molar-refractivity contribution in [2.45, 2.75) is 38.8 Å². The van der Waals surface area contributed by atoms with Gasteiger partial charge in [-0.2, -0.15) is 0 Å². The Labute approximate surface area is 75.9 Å². The summed E-state index contributed by atoms with van der Waals surface area (Å²) in [7, 11) is 0. The fourth-order valence-electron chi connectivity index (χ4n) is 1.73. The highest BCUT2D eigenvalue weighted by molar-refractivity contribution is 4.74. The summed E-state index contributed by atoms with van der Waals surface area (Å²) in [5.74, 6) is 0. The monoisotopic (exact) mass is 170 g/mol. The molecule has 71 valence electrons. The molecule has 0 atom stereocenters. The van der Waals surface area contributed by atoms with Gasteiger partial charge < -0.3 is 9.64 Å². The van der Waals surface area contributed by atoms with Gasteiger partial charge >= 0.3 is 0 Å². The second kappa shape index (κ2) is 4.83. The Hall–Kier alpha value is -0.0800. The lowest BCUT2D eigenvalue weighted by molar-refractivity contribution is 0.0141. The van der Waals surface area contributed by atoms with Crippen molar-refractivity contribution in [1.82, 2.24) is 4.90 Å². The Bertz CT molecular complexity index is 117. The standard InChI is InChI=1S/C10H20NO/c1-4-12-10-5-7-11(8-6-10)9(2)3/h9-10H,1,4-8H2,2-3H3. The molecule has 12 heavy (non-hydrogen) atoms. The maximum atomic E-state index is 5.47. The average Bonchev–Trinajstić information content (AvgIpc) is 2.06. The van der Waals surface area contributed by atoms with Crippen LogP contribution < -0.4 is 0 Å². The maximum absolute atomic E-state index is 5.47. The minimum atomic E-state index is 0.470. The summed E-state index contributed by atoms with van der Waals surface area (Å²) in [6, 6.07) is 0.686. The Balaban J connectivity index is 2.20. The number of nitrogens with zero attached hydrogens (tertiary/aromatic N) is 1. The van der Waals surface area contributed by atoms with E-state index >= 15 is 0 Å². The van der Waals surface area contributed by atoms with Crippen LogP contribution in [0.25, 0.3) is 0 Å². The van der Waals surface area contributed by atoms with Crippen LogP contribution in [0.15, 0.2) is 0 Å². The first kappa shape index (κ1) is 10.0. The number of hydrogen-bond acceptors (Lipinski definition) is 2. The normalized spacial score (nSPS) is 22.0. The van der Waals surface area contributed by atoms with Crippen molar-refractivity contribution >= 4 is 0 Å². The van der Waals surface area contributed by atoms with E-state index in [2.05, 4.69) is 25.7 Å². The van der Waals surface area contributed by atoms with E-state index in [0.717, 1.165) is 0 Å². The molecule has 0 N–H and O–H groups in total. The maximum Gasteiger partial charge on any atom is 0.0599 e. The molecule has 1 aliphatic heterocycles. The molecule has 0 saturated carbocycles. The van der Waals surface area contributed by atoms with Crippen LogP contribution in [0, 0.1) is 6.92 Å². The third-order valence-electron chi connectivity index (χ3n) is 2.56. The number of piperidine rings is 1. The lowest BCUT2D eigenvalue weighted by Crippen LogP contribution is -2.40. The Morgan fingerprint density at radius 2 is 2.00 bits per heavy atom. The van der Waals surface area contributed by atoms with Crippen molar-refractivity contribution in [2.75, 3.05) is 19.7 Å². The SMILES string of the molecule is [CH2]COC1CCN(C(C)C)CC1. The zero-order valence-electron chi connectivity index (χ0n) is 8.25. The predicted molar refractivity (Wildman–Crippen MR) is 51.0 cm³/mol. The van der Waals surface area contributed by atoms with E-state index < -0.39 is 0 Å². The molecule has 0 amide bonds. The molecule has 1 rings (SSSR count). The second-order valence-corrected chi connectivity index (χ2v) is 3.70. The second-order valence-electron chi connectivity index (χ2n) is 3.70. The molecular weight excluding hydrogens is 150 g/mol. The minimum absolute atomic E-state index is 0.470. The van der Waals surface area contributed by atoms with E-state index in [1.807, 2.05) is 0 Å². The van der Waals surface area contributed by atoms with Gasteiger partial charge in [-0.1, -0.05) is 0 Å². The van der Waals surface area contributed by atoms with Crippen LogP contribution in [0.3, 0.4) is 0 Å². The number of ether oxygens (including phenoxy) is 1. The first-order valence-corrected chi connectivity index (χ1v) is 4.89. The molecular formula is C10H20NO. The van der Waals surface area contributed by atoms with Crippen molar-refractivity contribution in [2.24, 2.45) is 0 Å². The van der Waals surface area contributed by atoms with Crippen LogP contribution in [-0.4, -0.2) is 36.7 Å². The summed E-state index contributed by atoms with van der Waals surface area (Å²) in [5, 5.41) is 0. The van der Waals surface area contributed by atoms with E-state index in [-0.39, 0.29) is 0 Å². The molecule has 0 aromatic carbocycles. The Morgan fingerprint density at radius 1 is 1.42 bits per heavy atom. The van der Waals surface area contributed by atoms with Gasteiger partial charge in [-0.15, -0.1) is 0 Å². The number of rotatable bonds is 3. The third-order valence-corrected chi connectivity index (χ3v) is 2.56. The van der Waals surface area contributed by atoms with E-state index in [1.54, 1.807) is 0 Å². The molecule has 0 aliphatic carbocycles. The molecule has 0 spiro atoms. The van der Waals surface area contributed by atoms with Crippen molar-refractivity contribution in [1.29, 1.82) is 0 Å². The molecule has 1 radical (unpaired) electrons. The molecule has 0 aromatic heterocycles. The van der Waals surface area contributed by atoms with Crippen LogP contribution in [0.2, 0.25) is 0 Å². The highest BCUT2D eigenvalue weighted by Gasteiger charge is 2.20. The fourth-order valence-corrected chi connectivity index (χ4v) is 1.73. The van der Waals surface area contributed by atoms with Crippen molar-refractivity contribution in [3.63, 3.8) is 0 Å². The zero-order valence-corrected chi connectivity index (χ0v) is 8.25. The topological polar surface area (TPSA) is 12.5 Å². The number of hydrogen-bond donors (Lipinski definition) is 0. The van der Waals surface area contributed by atoms with E-state index in [1.165, 1.54) is 25.9 Å². The summed E-state index contributed by atoms with van der Waals surface area (Å²) >= 11 is 0. The predicted octanol–water partition coefficient (Wildman–Crippen LogP) is 1.71. The van der Waals surface area contributed by atoms with Crippen molar-refractivity contribution < 1.29 is 4.74 Å². The summed E-state index contributed by atoms with van der Waals surface area (Å²) in [6.45, 7) is 11.2. The van der Waals surface area contributed by atoms with Gasteiger partial charge in [0, 0.05) is 25.7 Å². The van der Waals surface area contributed by atoms with Gasteiger partial charge in [-0.05, 0) is 33.6 Å². The Morgan fingerprint density at radius 3 is 2.42 bits per heavy atom. The highest BCUT2D eigenvalue weighted by atomic mass is 16.5. The molecule has 2 heteroatoms. The molecule has 0 unspecified atom stereocenters. The number of likely N-dealkylation sites (tertiary alicyclic amines) is 1. The van der Waals surface area contributed by atoms with Crippen LogP contribution >= 0.6 is 0 Å². The third kappa shape index (κ3) is 2.76. The largest absolute Gasteiger partial charge is 0.378 e. The van der Waals surface area contributed by atoms with Gasteiger partial charge in [0.15, 0.2) is 0 Å². The van der Waals surface area contributed by atoms with Crippen LogP contribution in [0.1, 0.15) is 26.7 Å². The summed E-state index contributed by atoms with van der Waals surface area (Å²) in [6.07, 6.45) is 2.82. The highest BCUT2D eigenvalue weighted by Crippen LogP contribution is 2.15. The van der Waals surface area contributed by atoms with Crippen LogP contribution in [0.4, 0.5) is 0 Å². The van der Waals surface area contributed by atoms with Gasteiger partial charge in [0.25, 0.3) is 0 Å². The van der Waals surface area contributed by atoms with E-state index in [9.17, 15) is 0 Å². The molecule has 1 heterocycles. The van der Waals surface area contributed by atoms with Gasteiger partial charge in [0.2, 0.25) is 0 Å². The van der Waals surface area contributed by atoms with Gasteiger partial charge in [0.1, 0.15) is 0 Å². The first-order chi connectivity index (χ1) is 5.74. The average molecular weight is 170 g/mol. The van der Waals surface area contributed by atoms with Gasteiger partial charge in [-0.25, -0.2) is 0 Å². The molecule has 0 bridgehead atoms. The summed E-state index contributed by atoms with van der Waals surface area (Å²) in [4.78, 5) is 2.50. The van der Waals surface area contributed by atoms with E-state index in [4.69, 9.17) is 4.74 Å². The first-order valence-electron chi connectivity index (χ1n) is 4.89. The molecule has 1 saturated heterocycles. The van der Waals surface area contributed by atoms with Gasteiger partial charge in [-0.3, -0.25) is 0 Å². The molecule has 1 aliphatic rings. The lowest BCUT2D eigenvalue weighted by Gasteiger charge is -2.34. The van der Waals surface area contributed by atoms with Crippen molar-refractivity contribution in [3.8, 4) is 0 Å². The molecule has 0 aromatic rings. The minimum Gasteiger partial charge on any atom is -0.378 e. The summed E-state index contributed by atoms with van der Waals surface area (Å²) in [5.41, 5.74) is 0. The zero-order chi connectivity index (χ0) is 8.97. The summed E-state index contributed by atoms with van der Waals surface area (Å²) < 4.78 is 5.47.